The predicted molar refractivity (Wildman–Crippen MR) is 41.7 cm³/mol. The summed E-state index contributed by atoms with van der Waals surface area (Å²) in [6, 6.07) is 0. The van der Waals surface area contributed by atoms with Crippen LogP contribution in [0.1, 0.15) is 0 Å². The van der Waals surface area contributed by atoms with Crippen molar-refractivity contribution in [2.75, 3.05) is 34.3 Å². The van der Waals surface area contributed by atoms with E-state index in [0.717, 1.165) is 11.0 Å². The molecule has 0 aromatic rings. The molecule has 0 spiro atoms. The van der Waals surface area contributed by atoms with Crippen molar-refractivity contribution < 1.29 is 22.2 Å². The number of hydrogen-bond acceptors (Lipinski definition) is 1. The molecule has 0 aromatic carbocycles. The Kier molecular flexibility index (Phi) is 11.0. The zero-order valence-electron chi connectivity index (χ0n) is 6.38. The molecule has 0 unspecified atom stereocenters. The number of aliphatic hydroxyl groups excluding tert-OH is 1. The number of quaternary nitrogens is 1. The number of nitrogens with zero attached hydrogens (tertiary/aromatic N) is 1. The van der Waals surface area contributed by atoms with Crippen molar-refractivity contribution in [2.45, 2.75) is 0 Å². The Labute approximate surface area is 77.1 Å². The minimum absolute atomic E-state index is 0.281. The van der Waals surface area contributed by atoms with Gasteiger partial charge in [0.05, 0.1) is 27.7 Å². The van der Waals surface area contributed by atoms with Gasteiger partial charge in [-0.05, 0) is 0 Å². The first-order valence-corrected chi connectivity index (χ1v) is 5.43. The van der Waals surface area contributed by atoms with Crippen LogP contribution in [0.25, 0.3) is 0 Å². The summed E-state index contributed by atoms with van der Waals surface area (Å²) in [6.07, 6.45) is 0. The van der Waals surface area contributed by atoms with Crippen molar-refractivity contribution in [1.29, 1.82) is 0 Å². The summed E-state index contributed by atoms with van der Waals surface area (Å²) in [7, 11) is 15.6. The van der Waals surface area contributed by atoms with Crippen LogP contribution in [-0.2, 0) is 12.7 Å². The maximum absolute atomic E-state index is 8.39. The van der Waals surface area contributed by atoms with Crippen LogP contribution in [0.3, 0.4) is 0 Å². The van der Waals surface area contributed by atoms with E-state index in [1.165, 1.54) is 0 Å². The molecule has 0 rings (SSSR count). The van der Waals surface area contributed by atoms with Gasteiger partial charge in [-0.3, -0.25) is 0 Å². The molecule has 0 fully saturated rings. The Hall–Kier alpha value is 0.994. The van der Waals surface area contributed by atoms with Gasteiger partial charge in [-0.2, -0.15) is 0 Å². The van der Waals surface area contributed by atoms with Gasteiger partial charge in [0.25, 0.3) is 0 Å². The maximum atomic E-state index is 8.39. The Morgan fingerprint density at radius 3 is 1.60 bits per heavy atom. The average molecular weight is 234 g/mol. The van der Waals surface area contributed by atoms with E-state index in [-0.39, 0.29) is 6.61 Å². The van der Waals surface area contributed by atoms with Gasteiger partial charge in [-0.1, -0.05) is 0 Å². The first kappa shape index (κ1) is 13.6. The fourth-order valence-corrected chi connectivity index (χ4v) is 0.300. The molecule has 1 N–H and O–H groups in total. The van der Waals surface area contributed by atoms with Crippen molar-refractivity contribution in [3.8, 4) is 0 Å². The molecule has 0 radical (unpaired) electrons. The Balaban J connectivity index is 0. The molecule has 0 aliphatic rings. The van der Waals surface area contributed by atoms with Gasteiger partial charge >= 0.3 is 33.0 Å². The number of halogens is 2. The van der Waals surface area contributed by atoms with Crippen LogP contribution in [-0.4, -0.2) is 43.9 Å². The third kappa shape index (κ3) is 23.0. The van der Waals surface area contributed by atoms with Crippen molar-refractivity contribution in [3.63, 3.8) is 0 Å². The van der Waals surface area contributed by atoms with E-state index in [2.05, 4.69) is 21.1 Å². The summed E-state index contributed by atoms with van der Waals surface area (Å²) in [5.41, 5.74) is 0. The normalized spacial score (nSPS) is 10.6. The van der Waals surface area contributed by atoms with Crippen LogP contribution in [0, 0.1) is 0 Å². The molecular formula is C5H14Cl2NNiO+. The quantitative estimate of drug-likeness (QED) is 0.559. The summed E-state index contributed by atoms with van der Waals surface area (Å²) < 4.78 is 0.844. The SMILES string of the molecule is C[N+](C)(C)CCO.[Cl][Ni][Cl]. The van der Waals surface area contributed by atoms with Crippen LogP contribution in [0.15, 0.2) is 0 Å². The fourth-order valence-electron chi connectivity index (χ4n) is 0.300. The fraction of sp³-hybridized carbons (Fsp3) is 1.00. The minimum atomic E-state index is 0.281. The van der Waals surface area contributed by atoms with E-state index < -0.39 is 0 Å². The van der Waals surface area contributed by atoms with E-state index >= 15 is 0 Å². The molecule has 5 heteroatoms. The van der Waals surface area contributed by atoms with Gasteiger partial charge in [0, 0.05) is 0 Å². The monoisotopic (exact) mass is 232 g/mol. The molecule has 0 aromatic heterocycles. The number of hydrogen-bond donors (Lipinski definition) is 1. The topological polar surface area (TPSA) is 20.2 Å². The summed E-state index contributed by atoms with van der Waals surface area (Å²) in [5.74, 6) is 0. The van der Waals surface area contributed by atoms with Gasteiger partial charge in [0.15, 0.2) is 0 Å². The predicted octanol–water partition coefficient (Wildman–Crippen LogP) is 1.06. The Morgan fingerprint density at radius 1 is 1.30 bits per heavy atom. The molecule has 0 aliphatic carbocycles. The van der Waals surface area contributed by atoms with Gasteiger partial charge < -0.3 is 9.59 Å². The molecule has 0 bridgehead atoms. The molecule has 0 saturated heterocycles. The second kappa shape index (κ2) is 8.09. The van der Waals surface area contributed by atoms with Crippen molar-refractivity contribution in [1.82, 2.24) is 0 Å². The molecule has 0 atom stereocenters. The van der Waals surface area contributed by atoms with Gasteiger partial charge in [0.2, 0.25) is 0 Å². The molecule has 0 aliphatic heterocycles. The number of aliphatic hydroxyl groups is 1. The summed E-state index contributed by atoms with van der Waals surface area (Å²) in [4.78, 5) is 0. The van der Waals surface area contributed by atoms with E-state index in [1.807, 2.05) is 0 Å². The van der Waals surface area contributed by atoms with Crippen LogP contribution in [0.5, 0.6) is 0 Å². The summed E-state index contributed by atoms with van der Waals surface area (Å²) >= 11 is 0.569. The van der Waals surface area contributed by atoms with Crippen molar-refractivity contribution in [3.05, 3.63) is 0 Å². The first-order chi connectivity index (χ1) is 4.47. The molecule has 68 valence electrons. The number of rotatable bonds is 2. The van der Waals surface area contributed by atoms with Crippen molar-refractivity contribution >= 4 is 20.4 Å². The van der Waals surface area contributed by atoms with E-state index in [0.29, 0.717) is 12.7 Å². The van der Waals surface area contributed by atoms with E-state index in [9.17, 15) is 0 Å². The second-order valence-electron chi connectivity index (χ2n) is 2.78. The second-order valence-corrected chi connectivity index (χ2v) is 4.41. The molecule has 0 heterocycles. The zero-order chi connectivity index (χ0) is 8.62. The van der Waals surface area contributed by atoms with E-state index in [1.54, 1.807) is 0 Å². The zero-order valence-corrected chi connectivity index (χ0v) is 8.88. The van der Waals surface area contributed by atoms with Crippen LogP contribution < -0.4 is 0 Å². The molecule has 10 heavy (non-hydrogen) atoms. The molecule has 0 amide bonds. The third-order valence-corrected chi connectivity index (χ3v) is 0.771. The van der Waals surface area contributed by atoms with Crippen LogP contribution in [0.2, 0.25) is 0 Å². The third-order valence-electron chi connectivity index (χ3n) is 0.771. The van der Waals surface area contributed by atoms with Crippen LogP contribution in [0.4, 0.5) is 0 Å². The van der Waals surface area contributed by atoms with Crippen LogP contribution >= 0.6 is 20.4 Å². The average Bonchev–Trinajstić information content (AvgIpc) is 1.63. The van der Waals surface area contributed by atoms with E-state index in [4.69, 9.17) is 25.5 Å². The van der Waals surface area contributed by atoms with Gasteiger partial charge in [0.1, 0.15) is 6.54 Å². The van der Waals surface area contributed by atoms with Crippen molar-refractivity contribution in [2.24, 2.45) is 0 Å². The Morgan fingerprint density at radius 2 is 1.60 bits per heavy atom. The van der Waals surface area contributed by atoms with Gasteiger partial charge in [-0.15, -0.1) is 0 Å². The summed E-state index contributed by atoms with van der Waals surface area (Å²) in [6.45, 7) is 1.11. The van der Waals surface area contributed by atoms with Gasteiger partial charge in [-0.25, -0.2) is 0 Å². The molecule has 0 saturated carbocycles. The molecule has 2 nitrogen and oxygen atoms in total. The molecular weight excluding hydrogens is 220 g/mol. The number of likely N-dealkylation sites (N-methyl/N-ethyl adjacent to an activating group) is 1. The standard InChI is InChI=1S/C5H14NO.2ClH.Ni/c1-6(2,3)4-5-7;;;/h7H,4-5H2,1-3H3;2*1H;/q+1;;;+2/p-2. The summed E-state index contributed by atoms with van der Waals surface area (Å²) in [5, 5.41) is 8.39. The first-order valence-electron chi connectivity index (χ1n) is 2.71. The Bertz CT molecular complexity index is 67.2.